The summed E-state index contributed by atoms with van der Waals surface area (Å²) >= 11 is 0. The average Bonchev–Trinajstić information content (AvgIpc) is 3.16. The van der Waals surface area contributed by atoms with Gasteiger partial charge in [-0.1, -0.05) is 54.1 Å². The van der Waals surface area contributed by atoms with Crippen LogP contribution in [0.5, 0.6) is 0 Å². The highest BCUT2D eigenvalue weighted by Crippen LogP contribution is 2.45. The van der Waals surface area contributed by atoms with Gasteiger partial charge in [0.25, 0.3) is 10.0 Å². The Labute approximate surface area is 143 Å². The van der Waals surface area contributed by atoms with E-state index in [9.17, 15) is 8.42 Å². The van der Waals surface area contributed by atoms with Crippen molar-refractivity contribution in [1.82, 2.24) is 4.31 Å². The lowest BCUT2D eigenvalue weighted by molar-refractivity contribution is 0.510. The van der Waals surface area contributed by atoms with Crippen molar-refractivity contribution in [2.24, 2.45) is 5.92 Å². The molecule has 0 saturated carbocycles. The normalized spacial score (nSPS) is 23.2. The van der Waals surface area contributed by atoms with Crippen LogP contribution >= 0.6 is 0 Å². The van der Waals surface area contributed by atoms with Crippen molar-refractivity contribution in [1.29, 1.82) is 0 Å². The highest BCUT2D eigenvalue weighted by molar-refractivity contribution is 7.89. The molecule has 0 spiro atoms. The van der Waals surface area contributed by atoms with Crippen molar-refractivity contribution in [2.75, 3.05) is 6.54 Å². The van der Waals surface area contributed by atoms with Crippen LogP contribution in [0, 0.1) is 12.8 Å². The molecular formula is C20H21NO2S. The van der Waals surface area contributed by atoms with Crippen molar-refractivity contribution < 1.29 is 8.42 Å². The third-order valence-electron chi connectivity index (χ3n) is 5.13. The molecule has 0 unspecified atom stereocenters. The molecule has 24 heavy (non-hydrogen) atoms. The standard InChI is InChI=1S/C20H21NO2S/c1-15-7-9-19(10-8-15)24(22,23)21-12-11-17-13-18(14-20(17)21)16-5-3-2-4-6-16/h2-10,14,17-18H,11-13H2,1H3/t17-,18+/m0/s1. The van der Waals surface area contributed by atoms with E-state index < -0.39 is 10.0 Å². The number of rotatable bonds is 3. The summed E-state index contributed by atoms with van der Waals surface area (Å²) in [6, 6.07) is 17.5. The zero-order valence-electron chi connectivity index (χ0n) is 13.7. The van der Waals surface area contributed by atoms with Gasteiger partial charge in [0.15, 0.2) is 0 Å². The van der Waals surface area contributed by atoms with Gasteiger partial charge in [-0.05, 0) is 37.5 Å². The van der Waals surface area contributed by atoms with Crippen LogP contribution in [0.3, 0.4) is 0 Å². The van der Waals surface area contributed by atoms with Gasteiger partial charge in [-0.15, -0.1) is 0 Å². The fraction of sp³-hybridized carbons (Fsp3) is 0.300. The van der Waals surface area contributed by atoms with E-state index in [1.165, 1.54) is 5.56 Å². The van der Waals surface area contributed by atoms with Gasteiger partial charge in [0.1, 0.15) is 0 Å². The maximum atomic E-state index is 13.0. The highest BCUT2D eigenvalue weighted by atomic mass is 32.2. The molecule has 3 nitrogen and oxygen atoms in total. The monoisotopic (exact) mass is 339 g/mol. The number of nitrogens with zero attached hydrogens (tertiary/aromatic N) is 1. The van der Waals surface area contributed by atoms with Gasteiger partial charge in [0.2, 0.25) is 0 Å². The number of allylic oxidation sites excluding steroid dienone is 2. The summed E-state index contributed by atoms with van der Waals surface area (Å²) in [7, 11) is -3.45. The number of fused-ring (bicyclic) bond motifs is 1. The van der Waals surface area contributed by atoms with Gasteiger partial charge >= 0.3 is 0 Å². The molecule has 124 valence electrons. The number of aryl methyl sites for hydroxylation is 1. The van der Waals surface area contributed by atoms with Crippen LogP contribution in [0.4, 0.5) is 0 Å². The van der Waals surface area contributed by atoms with E-state index in [1.54, 1.807) is 16.4 Å². The SMILES string of the molecule is Cc1ccc(S(=O)(=O)N2CC[C@H]3C[C@@H](c4ccccc4)C=C32)cc1. The molecule has 0 amide bonds. The number of sulfonamides is 1. The second-order valence-electron chi connectivity index (χ2n) is 6.72. The second-order valence-corrected chi connectivity index (χ2v) is 8.58. The fourth-order valence-corrected chi connectivity index (χ4v) is 5.39. The predicted octanol–water partition coefficient (Wildman–Crippen LogP) is 4.08. The van der Waals surface area contributed by atoms with Gasteiger partial charge in [0.05, 0.1) is 4.90 Å². The van der Waals surface area contributed by atoms with Crippen LogP contribution < -0.4 is 0 Å². The molecule has 4 rings (SSSR count). The molecule has 0 bridgehead atoms. The van der Waals surface area contributed by atoms with Crippen LogP contribution in [-0.2, 0) is 10.0 Å². The van der Waals surface area contributed by atoms with E-state index in [2.05, 4.69) is 18.2 Å². The predicted molar refractivity (Wildman–Crippen MR) is 95.1 cm³/mol. The summed E-state index contributed by atoms with van der Waals surface area (Å²) in [6.45, 7) is 2.56. The number of benzene rings is 2. The molecule has 0 radical (unpaired) electrons. The first-order valence-electron chi connectivity index (χ1n) is 8.42. The number of hydrogen-bond donors (Lipinski definition) is 0. The van der Waals surface area contributed by atoms with E-state index >= 15 is 0 Å². The van der Waals surface area contributed by atoms with Gasteiger partial charge in [-0.3, -0.25) is 4.31 Å². The molecule has 0 aromatic heterocycles. The Morgan fingerprint density at radius 2 is 1.71 bits per heavy atom. The molecule has 2 aromatic carbocycles. The Kier molecular flexibility index (Phi) is 3.72. The lowest BCUT2D eigenvalue weighted by Crippen LogP contribution is -2.27. The molecule has 1 aliphatic carbocycles. The van der Waals surface area contributed by atoms with Crippen LogP contribution in [0.15, 0.2) is 71.3 Å². The highest BCUT2D eigenvalue weighted by Gasteiger charge is 2.40. The molecule has 1 fully saturated rings. The van der Waals surface area contributed by atoms with E-state index in [-0.39, 0.29) is 0 Å². The maximum absolute atomic E-state index is 13.0. The third kappa shape index (κ3) is 2.55. The average molecular weight is 339 g/mol. The van der Waals surface area contributed by atoms with Gasteiger partial charge in [0, 0.05) is 24.1 Å². The summed E-state index contributed by atoms with van der Waals surface area (Å²) in [4.78, 5) is 0.387. The minimum atomic E-state index is -3.45. The van der Waals surface area contributed by atoms with Crippen LogP contribution in [0.1, 0.15) is 29.9 Å². The Bertz CT molecular complexity index is 870. The van der Waals surface area contributed by atoms with Gasteiger partial charge in [-0.2, -0.15) is 0 Å². The summed E-state index contributed by atoms with van der Waals surface area (Å²) in [5, 5.41) is 0. The summed E-state index contributed by atoms with van der Waals surface area (Å²) in [6.07, 6.45) is 4.10. The Morgan fingerprint density at radius 1 is 1.00 bits per heavy atom. The molecule has 1 aliphatic heterocycles. The second kappa shape index (κ2) is 5.78. The molecule has 1 saturated heterocycles. The minimum absolute atomic E-state index is 0.321. The topological polar surface area (TPSA) is 37.4 Å². The van der Waals surface area contributed by atoms with Crippen LogP contribution in [0.2, 0.25) is 0 Å². The molecule has 0 N–H and O–H groups in total. The lowest BCUT2D eigenvalue weighted by Gasteiger charge is -2.20. The lowest BCUT2D eigenvalue weighted by atomic mass is 9.95. The first-order valence-corrected chi connectivity index (χ1v) is 9.86. The molecule has 2 atom stereocenters. The molecule has 1 heterocycles. The van der Waals surface area contributed by atoms with Gasteiger partial charge < -0.3 is 0 Å². The van der Waals surface area contributed by atoms with E-state index in [0.29, 0.717) is 23.3 Å². The first-order chi connectivity index (χ1) is 11.6. The van der Waals surface area contributed by atoms with Gasteiger partial charge in [-0.25, -0.2) is 8.42 Å². The van der Waals surface area contributed by atoms with Crippen molar-refractivity contribution in [2.45, 2.75) is 30.6 Å². The van der Waals surface area contributed by atoms with Crippen molar-refractivity contribution >= 4 is 10.0 Å². The largest absolute Gasteiger partial charge is 0.270 e. The van der Waals surface area contributed by atoms with E-state index in [4.69, 9.17) is 0 Å². The minimum Gasteiger partial charge on any atom is -0.270 e. The van der Waals surface area contributed by atoms with E-state index in [1.807, 2.05) is 37.3 Å². The maximum Gasteiger partial charge on any atom is 0.264 e. The quantitative estimate of drug-likeness (QED) is 0.845. The Morgan fingerprint density at radius 3 is 2.42 bits per heavy atom. The molecule has 4 heteroatoms. The molecule has 2 aliphatic rings. The van der Waals surface area contributed by atoms with Crippen LogP contribution in [-0.4, -0.2) is 19.3 Å². The first kappa shape index (κ1) is 15.5. The zero-order valence-corrected chi connectivity index (χ0v) is 14.5. The fourth-order valence-electron chi connectivity index (χ4n) is 3.82. The molecule has 2 aromatic rings. The van der Waals surface area contributed by atoms with Crippen molar-refractivity contribution in [3.63, 3.8) is 0 Å². The van der Waals surface area contributed by atoms with E-state index in [0.717, 1.165) is 24.1 Å². The smallest absolute Gasteiger partial charge is 0.264 e. The van der Waals surface area contributed by atoms with Crippen LogP contribution in [0.25, 0.3) is 0 Å². The Hall–Kier alpha value is -2.07. The molecular weight excluding hydrogens is 318 g/mol. The van der Waals surface area contributed by atoms with Crippen molar-refractivity contribution in [3.8, 4) is 0 Å². The summed E-state index contributed by atoms with van der Waals surface area (Å²) < 4.78 is 27.7. The summed E-state index contributed by atoms with van der Waals surface area (Å²) in [5.41, 5.74) is 3.33. The zero-order chi connectivity index (χ0) is 16.7. The van der Waals surface area contributed by atoms with Crippen molar-refractivity contribution in [3.05, 3.63) is 77.5 Å². The third-order valence-corrected chi connectivity index (χ3v) is 6.98. The summed E-state index contributed by atoms with van der Waals surface area (Å²) in [5.74, 6) is 0.678. The number of hydrogen-bond acceptors (Lipinski definition) is 2. The Balaban J connectivity index is 1.66.